The van der Waals surface area contributed by atoms with E-state index in [2.05, 4.69) is 29.7 Å². The van der Waals surface area contributed by atoms with Crippen molar-refractivity contribution in [3.63, 3.8) is 0 Å². The summed E-state index contributed by atoms with van der Waals surface area (Å²) in [6, 6.07) is 8.22. The molecule has 1 heterocycles. The Morgan fingerprint density at radius 3 is 2.71 bits per heavy atom. The minimum Gasteiger partial charge on any atom is -0.442 e. The van der Waals surface area contributed by atoms with E-state index < -0.39 is 0 Å². The van der Waals surface area contributed by atoms with Crippen molar-refractivity contribution in [3.8, 4) is 0 Å². The van der Waals surface area contributed by atoms with Gasteiger partial charge >= 0.3 is 6.09 Å². The molecule has 1 aromatic carbocycles. The maximum absolute atomic E-state index is 12.1. The van der Waals surface area contributed by atoms with Crippen molar-refractivity contribution in [2.24, 2.45) is 0 Å². The highest BCUT2D eigenvalue weighted by Crippen LogP contribution is 2.22. The number of rotatable bonds is 8. The van der Waals surface area contributed by atoms with Gasteiger partial charge in [-0.25, -0.2) is 4.79 Å². The molecule has 2 rings (SSSR count). The first-order valence-electron chi connectivity index (χ1n) is 8.66. The van der Waals surface area contributed by atoms with Gasteiger partial charge < -0.3 is 15.4 Å². The summed E-state index contributed by atoms with van der Waals surface area (Å²) in [6.07, 6.45) is 5.65. The molecule has 5 nitrogen and oxygen atoms in total. The summed E-state index contributed by atoms with van der Waals surface area (Å²) < 4.78 is 5.38. The molecule has 0 aliphatic carbocycles. The molecule has 0 radical (unpaired) electrons. The lowest BCUT2D eigenvalue weighted by Gasteiger charge is -2.14. The molecule has 1 aromatic rings. The standard InChI is InChI=1S/C18H27N3O2S/c1-3-4-5-6-7-14-8-10-15(11-9-14)21-13-16(23-18(21)22)12-20-17(24)19-2/h8-11,16H,3-7,12-13H2,1-2H3,(H2,19,20,24)/t16-/m0/s1. The third kappa shape index (κ3) is 5.37. The van der Waals surface area contributed by atoms with Gasteiger partial charge in [-0.15, -0.1) is 0 Å². The topological polar surface area (TPSA) is 53.6 Å². The van der Waals surface area contributed by atoms with Crippen LogP contribution in [0.5, 0.6) is 0 Å². The summed E-state index contributed by atoms with van der Waals surface area (Å²) in [5.74, 6) is 0. The van der Waals surface area contributed by atoms with Gasteiger partial charge in [0.05, 0.1) is 13.1 Å². The Morgan fingerprint density at radius 2 is 2.04 bits per heavy atom. The molecule has 132 valence electrons. The first-order chi connectivity index (χ1) is 11.6. The average molecular weight is 350 g/mol. The number of benzene rings is 1. The summed E-state index contributed by atoms with van der Waals surface area (Å²) in [6.45, 7) is 3.27. The van der Waals surface area contributed by atoms with Crippen molar-refractivity contribution < 1.29 is 9.53 Å². The van der Waals surface area contributed by atoms with E-state index in [0.717, 1.165) is 12.1 Å². The predicted molar refractivity (Wildman–Crippen MR) is 102 cm³/mol. The van der Waals surface area contributed by atoms with Crippen LogP contribution in [-0.2, 0) is 11.2 Å². The van der Waals surface area contributed by atoms with Gasteiger partial charge in [-0.3, -0.25) is 4.90 Å². The summed E-state index contributed by atoms with van der Waals surface area (Å²) in [5.41, 5.74) is 2.20. The lowest BCUT2D eigenvalue weighted by molar-refractivity contribution is 0.143. The minimum absolute atomic E-state index is 0.197. The molecule has 0 aromatic heterocycles. The molecule has 1 aliphatic rings. The van der Waals surface area contributed by atoms with Gasteiger partial charge in [-0.2, -0.15) is 0 Å². The van der Waals surface area contributed by atoms with E-state index in [1.807, 2.05) is 12.1 Å². The first kappa shape index (κ1) is 18.5. The molecule has 0 unspecified atom stereocenters. The summed E-state index contributed by atoms with van der Waals surface area (Å²) >= 11 is 5.03. The number of anilines is 1. The summed E-state index contributed by atoms with van der Waals surface area (Å²) in [7, 11) is 1.76. The number of aryl methyl sites for hydroxylation is 1. The molecule has 2 N–H and O–H groups in total. The smallest absolute Gasteiger partial charge is 0.414 e. The highest BCUT2D eigenvalue weighted by molar-refractivity contribution is 7.80. The van der Waals surface area contributed by atoms with Crippen LogP contribution >= 0.6 is 12.2 Å². The lowest BCUT2D eigenvalue weighted by Crippen LogP contribution is -2.39. The predicted octanol–water partition coefficient (Wildman–Crippen LogP) is 3.23. The molecule has 0 saturated carbocycles. The Bertz CT molecular complexity index is 548. The monoisotopic (exact) mass is 349 g/mol. The fraction of sp³-hybridized carbons (Fsp3) is 0.556. The second-order valence-corrected chi connectivity index (χ2v) is 6.46. The number of cyclic esters (lactones) is 1. The first-order valence-corrected chi connectivity index (χ1v) is 9.07. The van der Waals surface area contributed by atoms with E-state index in [4.69, 9.17) is 17.0 Å². The van der Waals surface area contributed by atoms with Crippen LogP contribution in [0.1, 0.15) is 38.2 Å². The number of carbonyl (C=O) groups is 1. The Kier molecular flexibility index (Phi) is 7.31. The molecule has 1 aliphatic heterocycles. The van der Waals surface area contributed by atoms with Crippen LogP contribution in [0.25, 0.3) is 0 Å². The van der Waals surface area contributed by atoms with Crippen LogP contribution in [0.15, 0.2) is 24.3 Å². The number of thiocarbonyl (C=S) groups is 1. The number of unbranched alkanes of at least 4 members (excludes halogenated alkanes) is 3. The molecular formula is C18H27N3O2S. The molecule has 1 amide bonds. The quantitative estimate of drug-likeness (QED) is 0.557. The van der Waals surface area contributed by atoms with Crippen molar-refractivity contribution in [1.29, 1.82) is 0 Å². The van der Waals surface area contributed by atoms with E-state index in [1.165, 1.54) is 31.2 Å². The second-order valence-electron chi connectivity index (χ2n) is 6.05. The van der Waals surface area contributed by atoms with Crippen LogP contribution in [-0.4, -0.2) is 37.4 Å². The zero-order chi connectivity index (χ0) is 17.4. The van der Waals surface area contributed by atoms with E-state index in [1.54, 1.807) is 11.9 Å². The lowest BCUT2D eigenvalue weighted by atomic mass is 10.1. The van der Waals surface area contributed by atoms with E-state index >= 15 is 0 Å². The molecule has 1 fully saturated rings. The van der Waals surface area contributed by atoms with E-state index in [0.29, 0.717) is 18.2 Å². The molecular weight excluding hydrogens is 322 g/mol. The average Bonchev–Trinajstić information content (AvgIpc) is 2.98. The Morgan fingerprint density at radius 1 is 1.29 bits per heavy atom. The highest BCUT2D eigenvalue weighted by Gasteiger charge is 2.32. The normalized spacial score (nSPS) is 16.8. The fourth-order valence-electron chi connectivity index (χ4n) is 2.73. The highest BCUT2D eigenvalue weighted by atomic mass is 32.1. The number of carbonyl (C=O) groups excluding carboxylic acids is 1. The molecule has 0 spiro atoms. The molecule has 6 heteroatoms. The molecule has 24 heavy (non-hydrogen) atoms. The largest absolute Gasteiger partial charge is 0.442 e. The zero-order valence-electron chi connectivity index (χ0n) is 14.5. The fourth-order valence-corrected chi connectivity index (χ4v) is 2.82. The molecule has 1 atom stereocenters. The van der Waals surface area contributed by atoms with E-state index in [-0.39, 0.29) is 12.2 Å². The van der Waals surface area contributed by atoms with Gasteiger partial charge in [0.25, 0.3) is 0 Å². The summed E-state index contributed by atoms with van der Waals surface area (Å²) in [5, 5.41) is 6.42. The number of hydrogen-bond acceptors (Lipinski definition) is 3. The van der Waals surface area contributed by atoms with Gasteiger partial charge in [0.1, 0.15) is 6.10 Å². The van der Waals surface area contributed by atoms with Crippen LogP contribution in [0.2, 0.25) is 0 Å². The SMILES string of the molecule is CCCCCCc1ccc(N2C[C@H](CNC(=S)NC)OC2=O)cc1. The van der Waals surface area contributed by atoms with Crippen LogP contribution in [0.3, 0.4) is 0 Å². The minimum atomic E-state index is -0.298. The van der Waals surface area contributed by atoms with Crippen molar-refractivity contribution in [2.75, 3.05) is 25.0 Å². The van der Waals surface area contributed by atoms with Crippen molar-refractivity contribution >= 4 is 29.1 Å². The van der Waals surface area contributed by atoms with Crippen molar-refractivity contribution in [1.82, 2.24) is 10.6 Å². The Hall–Kier alpha value is -1.82. The third-order valence-corrected chi connectivity index (χ3v) is 4.51. The van der Waals surface area contributed by atoms with Crippen molar-refractivity contribution in [3.05, 3.63) is 29.8 Å². The second kappa shape index (κ2) is 9.47. The van der Waals surface area contributed by atoms with Gasteiger partial charge in [0.15, 0.2) is 5.11 Å². The van der Waals surface area contributed by atoms with Gasteiger partial charge in [-0.05, 0) is 42.8 Å². The Labute approximate surface area is 149 Å². The number of amides is 1. The maximum atomic E-state index is 12.1. The van der Waals surface area contributed by atoms with Crippen molar-refractivity contribution in [2.45, 2.75) is 45.1 Å². The number of hydrogen-bond donors (Lipinski definition) is 2. The summed E-state index contributed by atoms with van der Waals surface area (Å²) in [4.78, 5) is 13.7. The molecule has 1 saturated heterocycles. The molecule has 0 bridgehead atoms. The number of nitrogens with one attached hydrogen (secondary N) is 2. The zero-order valence-corrected chi connectivity index (χ0v) is 15.3. The third-order valence-electron chi connectivity index (χ3n) is 4.16. The number of nitrogens with zero attached hydrogens (tertiary/aromatic N) is 1. The van der Waals surface area contributed by atoms with Gasteiger partial charge in [0.2, 0.25) is 0 Å². The maximum Gasteiger partial charge on any atom is 0.414 e. The van der Waals surface area contributed by atoms with Crippen LogP contribution in [0, 0.1) is 0 Å². The Balaban J connectivity index is 1.84. The van der Waals surface area contributed by atoms with Gasteiger partial charge in [-0.1, -0.05) is 38.3 Å². The van der Waals surface area contributed by atoms with E-state index in [9.17, 15) is 4.79 Å². The van der Waals surface area contributed by atoms with Gasteiger partial charge in [0, 0.05) is 12.7 Å². The number of ether oxygens (including phenoxy) is 1. The van der Waals surface area contributed by atoms with Crippen LogP contribution in [0.4, 0.5) is 10.5 Å². The van der Waals surface area contributed by atoms with Crippen LogP contribution < -0.4 is 15.5 Å².